The van der Waals surface area contributed by atoms with Crippen LogP contribution in [0.15, 0.2) is 12.1 Å². The lowest BCUT2D eigenvalue weighted by Gasteiger charge is -2.15. The number of rotatable bonds is 2. The molecule has 1 aromatic rings. The number of carbonyl (C=O) groups excluding carboxylic acids is 1. The number of hydrogen-bond acceptors (Lipinski definition) is 3. The molecule has 0 aliphatic heterocycles. The van der Waals surface area contributed by atoms with Crippen LogP contribution in [0, 0.1) is 0 Å². The molecular weight excluding hydrogens is 210 g/mol. The molecule has 72 valence electrons. The summed E-state index contributed by atoms with van der Waals surface area (Å²) >= 11 is 6.92. The fourth-order valence-corrected chi connectivity index (χ4v) is 1.58. The van der Waals surface area contributed by atoms with E-state index < -0.39 is 11.5 Å². The van der Waals surface area contributed by atoms with Crippen LogP contribution in [0.25, 0.3) is 0 Å². The highest BCUT2D eigenvalue weighted by Gasteiger charge is 2.23. The fraction of sp³-hybridized carbons (Fsp3) is 0.375. The fourth-order valence-electron chi connectivity index (χ4n) is 0.646. The van der Waals surface area contributed by atoms with Gasteiger partial charge < -0.3 is 10.4 Å². The normalized spacial score (nSPS) is 11.4. The zero-order valence-corrected chi connectivity index (χ0v) is 8.87. The molecule has 0 aliphatic carbocycles. The van der Waals surface area contributed by atoms with Crippen LogP contribution in [0.1, 0.15) is 13.8 Å². The average Bonchev–Trinajstić information content (AvgIpc) is 2.33. The highest BCUT2D eigenvalue weighted by Crippen LogP contribution is 2.26. The Kier molecular flexibility index (Phi) is 2.95. The van der Waals surface area contributed by atoms with Crippen LogP contribution in [-0.4, -0.2) is 16.6 Å². The minimum atomic E-state index is -1.36. The Labute approximate surface area is 85.3 Å². The maximum Gasteiger partial charge on any atom is 0.256 e. The topological polar surface area (TPSA) is 49.3 Å². The second kappa shape index (κ2) is 3.65. The molecule has 0 aliphatic rings. The molecule has 2 N–H and O–H groups in total. The van der Waals surface area contributed by atoms with Gasteiger partial charge in [0.15, 0.2) is 0 Å². The first-order valence-electron chi connectivity index (χ1n) is 3.69. The number of hydrogen-bond donors (Lipinski definition) is 2. The van der Waals surface area contributed by atoms with Gasteiger partial charge in [0.2, 0.25) is 0 Å². The summed E-state index contributed by atoms with van der Waals surface area (Å²) in [7, 11) is 0. The van der Waals surface area contributed by atoms with Crippen molar-refractivity contribution in [2.24, 2.45) is 0 Å². The summed E-state index contributed by atoms with van der Waals surface area (Å²) in [5.41, 5.74) is -1.36. The van der Waals surface area contributed by atoms with E-state index in [2.05, 4.69) is 5.32 Å². The van der Waals surface area contributed by atoms with E-state index in [1.54, 1.807) is 12.1 Å². The summed E-state index contributed by atoms with van der Waals surface area (Å²) in [6, 6.07) is 3.38. The number of thiophene rings is 1. The van der Waals surface area contributed by atoms with Crippen molar-refractivity contribution in [1.29, 1.82) is 0 Å². The van der Waals surface area contributed by atoms with Gasteiger partial charge in [0.1, 0.15) is 5.60 Å². The van der Waals surface area contributed by atoms with Crippen molar-refractivity contribution in [1.82, 2.24) is 0 Å². The van der Waals surface area contributed by atoms with Crippen molar-refractivity contribution < 1.29 is 9.90 Å². The van der Waals surface area contributed by atoms with E-state index in [9.17, 15) is 9.90 Å². The Hall–Kier alpha value is -0.580. The van der Waals surface area contributed by atoms with Gasteiger partial charge in [-0.25, -0.2) is 0 Å². The highest BCUT2D eigenvalue weighted by atomic mass is 35.5. The summed E-state index contributed by atoms with van der Waals surface area (Å²) in [4.78, 5) is 11.2. The maximum atomic E-state index is 11.2. The monoisotopic (exact) mass is 219 g/mol. The molecule has 0 radical (unpaired) electrons. The Morgan fingerprint density at radius 3 is 2.62 bits per heavy atom. The third kappa shape index (κ3) is 2.99. The molecule has 0 bridgehead atoms. The summed E-state index contributed by atoms with van der Waals surface area (Å²) in [6.07, 6.45) is 0. The van der Waals surface area contributed by atoms with Gasteiger partial charge >= 0.3 is 0 Å². The number of anilines is 1. The van der Waals surface area contributed by atoms with Gasteiger partial charge in [0, 0.05) is 0 Å². The van der Waals surface area contributed by atoms with Crippen LogP contribution in [0.3, 0.4) is 0 Å². The standard InChI is InChI=1S/C8H10ClNO2S/c1-8(2,12)7(11)10-6-4-3-5(9)13-6/h3-4,12H,1-2H3,(H,10,11). The van der Waals surface area contributed by atoms with E-state index in [1.165, 1.54) is 25.2 Å². The van der Waals surface area contributed by atoms with Crippen molar-refractivity contribution in [3.05, 3.63) is 16.5 Å². The van der Waals surface area contributed by atoms with Gasteiger partial charge in [-0.2, -0.15) is 0 Å². The van der Waals surface area contributed by atoms with E-state index >= 15 is 0 Å². The first-order valence-corrected chi connectivity index (χ1v) is 4.88. The summed E-state index contributed by atoms with van der Waals surface area (Å²) < 4.78 is 0.603. The number of nitrogens with one attached hydrogen (secondary N) is 1. The number of aliphatic hydroxyl groups is 1. The van der Waals surface area contributed by atoms with Crippen LogP contribution in [-0.2, 0) is 4.79 Å². The van der Waals surface area contributed by atoms with Crippen LogP contribution < -0.4 is 5.32 Å². The zero-order chi connectivity index (χ0) is 10.1. The first kappa shape index (κ1) is 10.5. The molecule has 5 heteroatoms. The third-order valence-corrected chi connectivity index (χ3v) is 2.51. The lowest BCUT2D eigenvalue weighted by Crippen LogP contribution is -2.36. The van der Waals surface area contributed by atoms with Gasteiger partial charge in [0.25, 0.3) is 5.91 Å². The van der Waals surface area contributed by atoms with Gasteiger partial charge in [-0.05, 0) is 26.0 Å². The molecule has 1 rings (SSSR count). The lowest BCUT2D eigenvalue weighted by molar-refractivity contribution is -0.130. The maximum absolute atomic E-state index is 11.2. The van der Waals surface area contributed by atoms with Crippen LogP contribution in [0.2, 0.25) is 4.34 Å². The molecular formula is C8H10ClNO2S. The molecule has 0 saturated heterocycles. The molecule has 0 atom stereocenters. The molecule has 0 unspecified atom stereocenters. The molecule has 0 spiro atoms. The van der Waals surface area contributed by atoms with Crippen molar-refractivity contribution in [3.8, 4) is 0 Å². The molecule has 0 aromatic carbocycles. The van der Waals surface area contributed by atoms with E-state index in [-0.39, 0.29) is 0 Å². The largest absolute Gasteiger partial charge is 0.381 e. The number of halogens is 1. The van der Waals surface area contributed by atoms with Crippen molar-refractivity contribution >= 4 is 33.8 Å². The van der Waals surface area contributed by atoms with E-state index in [4.69, 9.17) is 11.6 Å². The van der Waals surface area contributed by atoms with Gasteiger partial charge in [-0.15, -0.1) is 11.3 Å². The van der Waals surface area contributed by atoms with Crippen molar-refractivity contribution in [2.75, 3.05) is 5.32 Å². The second-order valence-electron chi connectivity index (χ2n) is 3.12. The van der Waals surface area contributed by atoms with E-state index in [0.717, 1.165) is 0 Å². The predicted molar refractivity (Wildman–Crippen MR) is 54.3 cm³/mol. The average molecular weight is 220 g/mol. The van der Waals surface area contributed by atoms with E-state index in [1.807, 2.05) is 0 Å². The highest BCUT2D eigenvalue weighted by molar-refractivity contribution is 7.20. The van der Waals surface area contributed by atoms with Gasteiger partial charge in [-0.1, -0.05) is 11.6 Å². The Morgan fingerprint density at radius 1 is 1.62 bits per heavy atom. The molecule has 13 heavy (non-hydrogen) atoms. The van der Waals surface area contributed by atoms with Crippen LogP contribution in [0.5, 0.6) is 0 Å². The smallest absolute Gasteiger partial charge is 0.256 e. The Balaban J connectivity index is 2.65. The summed E-state index contributed by atoms with van der Waals surface area (Å²) in [6.45, 7) is 2.86. The lowest BCUT2D eigenvalue weighted by atomic mass is 10.1. The zero-order valence-electron chi connectivity index (χ0n) is 7.30. The van der Waals surface area contributed by atoms with Crippen LogP contribution >= 0.6 is 22.9 Å². The molecule has 0 fully saturated rings. The van der Waals surface area contributed by atoms with Crippen LogP contribution in [0.4, 0.5) is 5.00 Å². The predicted octanol–water partition coefficient (Wildman–Crippen LogP) is 2.11. The van der Waals surface area contributed by atoms with E-state index in [0.29, 0.717) is 9.34 Å². The number of carbonyl (C=O) groups is 1. The Morgan fingerprint density at radius 2 is 2.23 bits per heavy atom. The minimum Gasteiger partial charge on any atom is -0.381 e. The SMILES string of the molecule is CC(C)(O)C(=O)Nc1ccc(Cl)s1. The quantitative estimate of drug-likeness (QED) is 0.801. The third-order valence-electron chi connectivity index (χ3n) is 1.37. The minimum absolute atomic E-state index is 0.439. The van der Waals surface area contributed by atoms with Gasteiger partial charge in [-0.3, -0.25) is 4.79 Å². The van der Waals surface area contributed by atoms with Crippen molar-refractivity contribution in [2.45, 2.75) is 19.4 Å². The van der Waals surface area contributed by atoms with Crippen molar-refractivity contribution in [3.63, 3.8) is 0 Å². The number of amides is 1. The Bertz CT molecular complexity index is 316. The molecule has 1 heterocycles. The van der Waals surface area contributed by atoms with Gasteiger partial charge in [0.05, 0.1) is 9.34 Å². The molecule has 1 amide bonds. The molecule has 3 nitrogen and oxygen atoms in total. The molecule has 0 saturated carbocycles. The first-order chi connectivity index (χ1) is 5.89. The molecule has 1 aromatic heterocycles. The second-order valence-corrected chi connectivity index (χ2v) is 4.83. The summed E-state index contributed by atoms with van der Waals surface area (Å²) in [5.74, 6) is -0.439. The summed E-state index contributed by atoms with van der Waals surface area (Å²) in [5, 5.41) is 12.5.